The third kappa shape index (κ3) is 5.05. The first-order valence-corrected chi connectivity index (χ1v) is 13.3. The molecule has 3 aliphatic heterocycles. The molecule has 3 aliphatic rings. The van der Waals surface area contributed by atoms with Crippen molar-refractivity contribution in [1.82, 2.24) is 30.3 Å². The lowest BCUT2D eigenvalue weighted by atomic mass is 10.1. The summed E-state index contributed by atoms with van der Waals surface area (Å²) in [4.78, 5) is 32.0. The lowest BCUT2D eigenvalue weighted by Gasteiger charge is -2.32. The SMILES string of the molecule is C=CC(=O)N1CCC[C@@H](Nc2ccc3ncnc(Nc4ccc(OC5=CC6(C)N=CNN6C=C5)c(C)c4)c3n2)C1. The Morgan fingerprint density at radius 2 is 2.17 bits per heavy atom. The summed E-state index contributed by atoms with van der Waals surface area (Å²) in [5.41, 5.74) is 5.77. The van der Waals surface area contributed by atoms with Crippen molar-refractivity contribution in [3.05, 3.63) is 79.0 Å². The van der Waals surface area contributed by atoms with E-state index in [1.165, 1.54) is 12.4 Å². The van der Waals surface area contributed by atoms with Gasteiger partial charge in [0.15, 0.2) is 11.5 Å². The van der Waals surface area contributed by atoms with Crippen molar-refractivity contribution in [2.24, 2.45) is 4.99 Å². The number of aliphatic imine (C=N–C) groups is 1. The van der Waals surface area contributed by atoms with Crippen LogP contribution in [0.1, 0.15) is 25.3 Å². The van der Waals surface area contributed by atoms with E-state index >= 15 is 0 Å². The van der Waals surface area contributed by atoms with Crippen molar-refractivity contribution in [3.8, 4) is 5.75 Å². The van der Waals surface area contributed by atoms with Gasteiger partial charge in [0.25, 0.3) is 0 Å². The molecule has 11 heteroatoms. The summed E-state index contributed by atoms with van der Waals surface area (Å²) in [5, 5.41) is 8.78. The van der Waals surface area contributed by atoms with Gasteiger partial charge in [0.2, 0.25) is 5.91 Å². The fraction of sp³-hybridized carbons (Fsp3) is 0.276. The standard InChI is InChI=1S/C29H31N9O2/c1-4-26(39)37-12-5-6-21(16-37)34-25-10-8-23-27(36-25)28(31-17-30-23)35-20-7-9-24(19(2)14-20)40-22-11-13-38-29(3,15-22)32-18-33-38/h4,7-11,13-15,17-18,21H,1,5-6,12,16H2,2-3H3,(H,32,33)(H,34,36)(H,30,31,35)/t21-,29?/m1/s1. The van der Waals surface area contributed by atoms with Gasteiger partial charge >= 0.3 is 0 Å². The second-order valence-electron chi connectivity index (χ2n) is 10.2. The number of likely N-dealkylation sites (tertiary alicyclic amines) is 1. The molecule has 11 nitrogen and oxygen atoms in total. The van der Waals surface area contributed by atoms with Crippen LogP contribution in [0, 0.1) is 6.92 Å². The number of ether oxygens (including phenoxy) is 1. The molecule has 1 saturated heterocycles. The largest absolute Gasteiger partial charge is 0.457 e. The first kappa shape index (κ1) is 25.4. The summed E-state index contributed by atoms with van der Waals surface area (Å²) in [6.07, 6.45) is 12.2. The lowest BCUT2D eigenvalue weighted by Crippen LogP contribution is -2.44. The fourth-order valence-corrected chi connectivity index (χ4v) is 5.10. The number of rotatable bonds is 7. The molecule has 6 rings (SSSR count). The minimum Gasteiger partial charge on any atom is -0.457 e. The Bertz CT molecular complexity index is 1570. The van der Waals surface area contributed by atoms with Crippen LogP contribution < -0.4 is 20.8 Å². The number of hydrogen-bond acceptors (Lipinski definition) is 10. The van der Waals surface area contributed by atoms with Gasteiger partial charge in [-0.2, -0.15) is 0 Å². The van der Waals surface area contributed by atoms with Crippen molar-refractivity contribution < 1.29 is 9.53 Å². The smallest absolute Gasteiger partial charge is 0.246 e. The molecule has 1 amide bonds. The van der Waals surface area contributed by atoms with Gasteiger partial charge < -0.3 is 20.3 Å². The van der Waals surface area contributed by atoms with Gasteiger partial charge in [0.05, 0.1) is 5.52 Å². The highest BCUT2D eigenvalue weighted by Gasteiger charge is 2.33. The van der Waals surface area contributed by atoms with E-state index in [2.05, 4.69) is 37.6 Å². The maximum Gasteiger partial charge on any atom is 0.246 e. The van der Waals surface area contributed by atoms with E-state index in [9.17, 15) is 4.79 Å². The first-order valence-electron chi connectivity index (χ1n) is 13.3. The van der Waals surface area contributed by atoms with Crippen LogP contribution in [-0.2, 0) is 4.79 Å². The number of fused-ring (bicyclic) bond motifs is 2. The number of nitrogens with one attached hydrogen (secondary N) is 3. The van der Waals surface area contributed by atoms with E-state index in [1.54, 1.807) is 6.34 Å². The Hall–Kier alpha value is -4.93. The van der Waals surface area contributed by atoms with Crippen LogP contribution in [0.4, 0.5) is 17.3 Å². The number of carbonyl (C=O) groups is 1. The van der Waals surface area contributed by atoms with E-state index in [-0.39, 0.29) is 11.9 Å². The van der Waals surface area contributed by atoms with Crippen LogP contribution in [0.3, 0.4) is 0 Å². The molecule has 2 atom stereocenters. The van der Waals surface area contributed by atoms with Crippen molar-refractivity contribution in [3.63, 3.8) is 0 Å². The van der Waals surface area contributed by atoms with Crippen LogP contribution in [0.2, 0.25) is 0 Å². The van der Waals surface area contributed by atoms with E-state index in [1.807, 2.05) is 72.4 Å². The van der Waals surface area contributed by atoms with Gasteiger partial charge in [-0.1, -0.05) is 6.58 Å². The van der Waals surface area contributed by atoms with E-state index in [4.69, 9.17) is 9.72 Å². The van der Waals surface area contributed by atoms with Crippen LogP contribution in [-0.4, -0.2) is 61.9 Å². The van der Waals surface area contributed by atoms with Crippen molar-refractivity contribution in [2.75, 3.05) is 23.7 Å². The minimum absolute atomic E-state index is 0.0438. The van der Waals surface area contributed by atoms with Crippen molar-refractivity contribution in [1.29, 1.82) is 0 Å². The van der Waals surface area contributed by atoms with Gasteiger partial charge in [-0.25, -0.2) is 19.9 Å². The first-order chi connectivity index (χ1) is 19.4. The highest BCUT2D eigenvalue weighted by atomic mass is 16.5. The number of allylic oxidation sites excluding steroid dienone is 1. The Labute approximate surface area is 232 Å². The maximum absolute atomic E-state index is 12.1. The number of aryl methyl sites for hydroxylation is 1. The number of amides is 1. The monoisotopic (exact) mass is 537 g/mol. The molecule has 1 unspecified atom stereocenters. The minimum atomic E-state index is -0.506. The molecular formula is C29H31N9O2. The summed E-state index contributed by atoms with van der Waals surface area (Å²) in [6.45, 7) is 8.97. The predicted octanol–water partition coefficient (Wildman–Crippen LogP) is 4.02. The fourth-order valence-electron chi connectivity index (χ4n) is 5.10. The maximum atomic E-state index is 12.1. The van der Waals surface area contributed by atoms with E-state index < -0.39 is 5.66 Å². The zero-order valence-corrected chi connectivity index (χ0v) is 22.5. The summed E-state index contributed by atoms with van der Waals surface area (Å²) in [7, 11) is 0. The number of piperidine rings is 1. The van der Waals surface area contributed by atoms with Gasteiger partial charge in [0.1, 0.15) is 35.5 Å². The molecule has 3 aromatic rings. The highest BCUT2D eigenvalue weighted by molar-refractivity contribution is 5.88. The molecule has 204 valence electrons. The molecule has 0 spiro atoms. The molecule has 40 heavy (non-hydrogen) atoms. The number of anilines is 3. The molecule has 3 N–H and O–H groups in total. The zero-order chi connectivity index (χ0) is 27.7. The van der Waals surface area contributed by atoms with Crippen LogP contribution in [0.15, 0.2) is 78.4 Å². The summed E-state index contributed by atoms with van der Waals surface area (Å²) in [5.74, 6) is 2.75. The van der Waals surface area contributed by atoms with Gasteiger partial charge in [-0.15, -0.1) is 0 Å². The van der Waals surface area contributed by atoms with Crippen LogP contribution in [0.5, 0.6) is 5.75 Å². The van der Waals surface area contributed by atoms with E-state index in [0.717, 1.165) is 47.7 Å². The molecule has 0 saturated carbocycles. The molecule has 2 aromatic heterocycles. The molecule has 5 heterocycles. The Kier molecular flexibility index (Phi) is 6.54. The molecule has 0 aliphatic carbocycles. The van der Waals surface area contributed by atoms with Crippen LogP contribution in [0.25, 0.3) is 11.0 Å². The summed E-state index contributed by atoms with van der Waals surface area (Å²) < 4.78 is 6.19. The average molecular weight is 538 g/mol. The molecule has 0 bridgehead atoms. The molecular weight excluding hydrogens is 506 g/mol. The van der Waals surface area contributed by atoms with Crippen molar-refractivity contribution in [2.45, 2.75) is 38.4 Å². The number of hydrogen-bond donors (Lipinski definition) is 3. The van der Waals surface area contributed by atoms with Gasteiger partial charge in [-0.05, 0) is 74.7 Å². The zero-order valence-electron chi connectivity index (χ0n) is 22.5. The second kappa shape index (κ2) is 10.3. The number of benzene rings is 1. The number of hydrazine groups is 1. The quantitative estimate of drug-likeness (QED) is 0.384. The predicted molar refractivity (Wildman–Crippen MR) is 155 cm³/mol. The number of nitrogens with zero attached hydrogens (tertiary/aromatic N) is 6. The second-order valence-corrected chi connectivity index (χ2v) is 10.2. The number of carbonyl (C=O) groups excluding carboxylic acids is 1. The molecule has 1 fully saturated rings. The number of aromatic nitrogens is 3. The summed E-state index contributed by atoms with van der Waals surface area (Å²) in [6, 6.07) is 9.82. The topological polar surface area (TPSA) is 120 Å². The third-order valence-electron chi connectivity index (χ3n) is 7.22. The third-order valence-corrected chi connectivity index (χ3v) is 7.22. The Morgan fingerprint density at radius 3 is 3.02 bits per heavy atom. The lowest BCUT2D eigenvalue weighted by molar-refractivity contribution is -0.127. The number of pyridine rings is 1. The van der Waals surface area contributed by atoms with Gasteiger partial charge in [-0.3, -0.25) is 15.2 Å². The Morgan fingerprint density at radius 1 is 1.27 bits per heavy atom. The Balaban J connectivity index is 1.18. The normalized spacial score (nSPS) is 21.4. The van der Waals surface area contributed by atoms with E-state index in [0.29, 0.717) is 23.7 Å². The van der Waals surface area contributed by atoms with Gasteiger partial charge in [0, 0.05) is 37.1 Å². The van der Waals surface area contributed by atoms with Crippen molar-refractivity contribution >= 4 is 40.6 Å². The highest BCUT2D eigenvalue weighted by Crippen LogP contribution is 2.31. The average Bonchev–Trinajstić information content (AvgIpc) is 3.35. The molecule has 1 aromatic carbocycles. The molecule has 0 radical (unpaired) electrons. The summed E-state index contributed by atoms with van der Waals surface area (Å²) >= 11 is 0. The van der Waals surface area contributed by atoms with Crippen LogP contribution >= 0.6 is 0 Å².